The van der Waals surface area contributed by atoms with Crippen LogP contribution in [0.25, 0.3) is 0 Å². The van der Waals surface area contributed by atoms with Crippen molar-refractivity contribution >= 4 is 122 Å². The van der Waals surface area contributed by atoms with E-state index in [-0.39, 0.29) is 80.6 Å². The summed E-state index contributed by atoms with van der Waals surface area (Å²) in [5.41, 5.74) is 1.48. The van der Waals surface area contributed by atoms with E-state index in [0.29, 0.717) is 16.7 Å². The number of hydrogen-bond acceptors (Lipinski definition) is 6. The summed E-state index contributed by atoms with van der Waals surface area (Å²) in [7, 11) is 0. The van der Waals surface area contributed by atoms with Crippen LogP contribution in [-0.2, 0) is 0 Å². The summed E-state index contributed by atoms with van der Waals surface area (Å²) >= 11 is 37.7. The zero-order chi connectivity index (χ0) is 40.9. The first-order chi connectivity index (χ1) is 27.8. The first-order valence-electron chi connectivity index (χ1n) is 17.2. The van der Waals surface area contributed by atoms with Gasteiger partial charge in [0.25, 0.3) is 35.4 Å². The van der Waals surface area contributed by atoms with E-state index in [1.54, 1.807) is 72.8 Å². The maximum Gasteiger partial charge on any atom is 0.266 e. The second-order valence-corrected chi connectivity index (χ2v) is 15.8. The van der Waals surface area contributed by atoms with Gasteiger partial charge in [0.1, 0.15) is 0 Å². The molecule has 6 aromatic rings. The smallest absolute Gasteiger partial charge is 0.266 e. The van der Waals surface area contributed by atoms with Crippen LogP contribution in [0.5, 0.6) is 0 Å². The third kappa shape index (κ3) is 5.68. The molecular formula is C43H19Cl6N3O6. The average molecular weight is 886 g/mol. The molecule has 0 fully saturated rings. The molecule has 0 saturated carbocycles. The number of rotatable bonds is 6. The van der Waals surface area contributed by atoms with Gasteiger partial charge in [0.15, 0.2) is 0 Å². The molecule has 284 valence electrons. The molecular weight excluding hydrogens is 867 g/mol. The lowest BCUT2D eigenvalue weighted by Gasteiger charge is -2.30. The van der Waals surface area contributed by atoms with Crippen LogP contribution in [-0.4, -0.2) is 35.4 Å². The monoisotopic (exact) mass is 883 g/mol. The highest BCUT2D eigenvalue weighted by Crippen LogP contribution is 2.48. The molecule has 0 bridgehead atoms. The summed E-state index contributed by atoms with van der Waals surface area (Å²) in [5.74, 6) is -5.22. The summed E-state index contributed by atoms with van der Waals surface area (Å²) in [6, 6.07) is 27.6. The fourth-order valence-electron chi connectivity index (χ4n) is 7.67. The molecule has 3 heterocycles. The highest BCUT2D eigenvalue weighted by Gasteiger charge is 2.44. The maximum atomic E-state index is 14.2. The molecule has 0 N–H and O–H groups in total. The molecule has 6 aromatic carbocycles. The Kier molecular flexibility index (Phi) is 9.24. The Labute approximate surface area is 358 Å². The van der Waals surface area contributed by atoms with Gasteiger partial charge in [-0.05, 0) is 71.3 Å². The van der Waals surface area contributed by atoms with E-state index in [1.807, 2.05) is 0 Å². The molecule has 6 amide bonds. The van der Waals surface area contributed by atoms with Crippen molar-refractivity contribution in [3.63, 3.8) is 0 Å². The fourth-order valence-corrected chi connectivity index (χ4v) is 8.65. The largest absolute Gasteiger partial charge is 0.268 e. The number of nitrogens with zero attached hydrogens (tertiary/aromatic N) is 3. The van der Waals surface area contributed by atoms with Crippen LogP contribution in [0.2, 0.25) is 30.1 Å². The van der Waals surface area contributed by atoms with Crippen LogP contribution < -0.4 is 14.7 Å². The standard InChI is InChI=1S/C43H19Cl6N3O6/c44-28-13-22-23(14-29(28)45)39(54)50(38(22)53)34-10-4-1-7-19(34)37(20-8-2-5-11-35(20)51-40(55)24-15-30(46)31(47)16-25(24)41(51)56)21-9-3-6-12-36(21)52-42(57)26-17-32(48)33(49)18-27(26)43(52)58/h1-18,37H. The van der Waals surface area contributed by atoms with Gasteiger partial charge in [-0.3, -0.25) is 28.8 Å². The van der Waals surface area contributed by atoms with E-state index < -0.39 is 41.4 Å². The van der Waals surface area contributed by atoms with Crippen LogP contribution in [0.4, 0.5) is 17.1 Å². The van der Waals surface area contributed by atoms with Gasteiger partial charge in [0, 0.05) is 5.92 Å². The molecule has 0 saturated heterocycles. The van der Waals surface area contributed by atoms with Gasteiger partial charge < -0.3 is 0 Å². The number of fused-ring (bicyclic) bond motifs is 3. The van der Waals surface area contributed by atoms with E-state index in [1.165, 1.54) is 36.4 Å². The van der Waals surface area contributed by atoms with Crippen LogP contribution >= 0.6 is 69.6 Å². The summed E-state index contributed by atoms with van der Waals surface area (Å²) in [6.45, 7) is 0. The minimum atomic E-state index is -1.10. The first kappa shape index (κ1) is 38.0. The Hall–Kier alpha value is -5.52. The van der Waals surface area contributed by atoms with Crippen LogP contribution in [0.15, 0.2) is 109 Å². The quantitative estimate of drug-likeness (QED) is 0.122. The highest BCUT2D eigenvalue weighted by molar-refractivity contribution is 6.46. The SMILES string of the molecule is O=C1c2cc(Cl)c(Cl)cc2C(=O)N1c1ccccc1C(c1ccccc1N1C(=O)c2cc(Cl)c(Cl)cc2C1=O)c1ccccc1N1C(=O)c2cc(Cl)c(Cl)cc2C1=O. The Morgan fingerprint density at radius 2 is 0.500 bits per heavy atom. The maximum absolute atomic E-state index is 14.2. The van der Waals surface area contributed by atoms with Crippen LogP contribution in [0, 0.1) is 0 Å². The molecule has 0 atom stereocenters. The number of hydrogen-bond donors (Lipinski definition) is 0. The van der Waals surface area contributed by atoms with E-state index in [2.05, 4.69) is 0 Å². The van der Waals surface area contributed by atoms with Gasteiger partial charge in [-0.25, -0.2) is 14.7 Å². The van der Waals surface area contributed by atoms with Gasteiger partial charge in [0.05, 0.1) is 80.6 Å². The van der Waals surface area contributed by atoms with E-state index in [0.717, 1.165) is 14.7 Å². The number of carbonyl (C=O) groups is 6. The molecule has 9 nitrogen and oxygen atoms in total. The molecule has 0 spiro atoms. The number of carbonyl (C=O) groups excluding carboxylic acids is 6. The minimum Gasteiger partial charge on any atom is -0.268 e. The number of anilines is 3. The molecule has 58 heavy (non-hydrogen) atoms. The molecule has 0 unspecified atom stereocenters. The van der Waals surface area contributed by atoms with Gasteiger partial charge >= 0.3 is 0 Å². The number of amides is 6. The number of imide groups is 3. The number of halogens is 6. The average Bonchev–Trinajstić information content (AvgIpc) is 3.69. The van der Waals surface area contributed by atoms with E-state index >= 15 is 0 Å². The Morgan fingerprint density at radius 1 is 0.310 bits per heavy atom. The molecule has 0 aliphatic carbocycles. The van der Waals surface area contributed by atoms with Crippen molar-refractivity contribution in [2.24, 2.45) is 0 Å². The summed E-state index contributed by atoms with van der Waals surface area (Å²) in [4.78, 5) is 88.0. The van der Waals surface area contributed by atoms with Crippen molar-refractivity contribution in [3.8, 4) is 0 Å². The van der Waals surface area contributed by atoms with Crippen molar-refractivity contribution < 1.29 is 28.8 Å². The van der Waals surface area contributed by atoms with Crippen molar-refractivity contribution in [2.45, 2.75) is 5.92 Å². The lowest BCUT2D eigenvalue weighted by atomic mass is 9.81. The highest BCUT2D eigenvalue weighted by atomic mass is 35.5. The molecule has 9 rings (SSSR count). The predicted molar refractivity (Wildman–Crippen MR) is 223 cm³/mol. The van der Waals surface area contributed by atoms with Crippen molar-refractivity contribution in [3.05, 3.63) is 189 Å². The fraction of sp³-hybridized carbons (Fsp3) is 0.0233. The minimum absolute atomic E-state index is 0.0262. The normalized spacial score (nSPS) is 14.6. The summed E-state index contributed by atoms with van der Waals surface area (Å²) in [5, 5.41) is 0.442. The zero-order valence-electron chi connectivity index (χ0n) is 29.0. The number of benzene rings is 6. The van der Waals surface area contributed by atoms with Gasteiger partial charge in [-0.1, -0.05) is 124 Å². The van der Waals surface area contributed by atoms with Crippen molar-refractivity contribution in [1.29, 1.82) is 0 Å². The Balaban J connectivity index is 1.29. The van der Waals surface area contributed by atoms with Crippen LogP contribution in [0.3, 0.4) is 0 Å². The molecule has 3 aliphatic heterocycles. The predicted octanol–water partition coefficient (Wildman–Crippen LogP) is 11.2. The zero-order valence-corrected chi connectivity index (χ0v) is 33.6. The lowest BCUT2D eigenvalue weighted by molar-refractivity contribution is 0.0910. The van der Waals surface area contributed by atoms with Crippen LogP contribution in [0.1, 0.15) is 84.8 Å². The third-order valence-electron chi connectivity index (χ3n) is 10.2. The molecule has 15 heteroatoms. The first-order valence-corrected chi connectivity index (χ1v) is 19.5. The van der Waals surface area contributed by atoms with Crippen molar-refractivity contribution in [2.75, 3.05) is 14.7 Å². The summed E-state index contributed by atoms with van der Waals surface area (Å²) < 4.78 is 0. The van der Waals surface area contributed by atoms with E-state index in [9.17, 15) is 28.8 Å². The van der Waals surface area contributed by atoms with Gasteiger partial charge in [0.2, 0.25) is 0 Å². The Morgan fingerprint density at radius 3 is 0.707 bits per heavy atom. The lowest BCUT2D eigenvalue weighted by Crippen LogP contribution is -2.33. The molecule has 0 aromatic heterocycles. The molecule has 0 radical (unpaired) electrons. The topological polar surface area (TPSA) is 112 Å². The number of para-hydroxylation sites is 3. The second-order valence-electron chi connectivity index (χ2n) is 13.4. The molecule has 3 aliphatic rings. The van der Waals surface area contributed by atoms with Gasteiger partial charge in [-0.15, -0.1) is 0 Å². The second kappa shape index (κ2) is 14.1. The third-order valence-corrected chi connectivity index (χ3v) is 12.4. The van der Waals surface area contributed by atoms with Crippen molar-refractivity contribution in [1.82, 2.24) is 0 Å². The Bertz CT molecular complexity index is 2500. The van der Waals surface area contributed by atoms with E-state index in [4.69, 9.17) is 69.6 Å². The summed E-state index contributed by atoms with van der Waals surface area (Å²) in [6.07, 6.45) is 0. The van der Waals surface area contributed by atoms with Gasteiger partial charge in [-0.2, -0.15) is 0 Å².